The summed E-state index contributed by atoms with van der Waals surface area (Å²) in [6.45, 7) is 2.97. The molecule has 1 aromatic rings. The van der Waals surface area contributed by atoms with E-state index < -0.39 is 5.97 Å². The van der Waals surface area contributed by atoms with Crippen LogP contribution in [-0.4, -0.2) is 44.8 Å². The number of aromatic carboxylic acids is 1. The predicted octanol–water partition coefficient (Wildman–Crippen LogP) is 0.844. The Morgan fingerprint density at radius 3 is 2.78 bits per heavy atom. The minimum absolute atomic E-state index is 0.0640. The van der Waals surface area contributed by atoms with Crippen molar-refractivity contribution < 1.29 is 14.7 Å². The third kappa shape index (κ3) is 2.37. The van der Waals surface area contributed by atoms with E-state index >= 15 is 0 Å². The molecule has 0 saturated carbocycles. The van der Waals surface area contributed by atoms with Crippen molar-refractivity contribution >= 4 is 11.9 Å². The normalized spacial score (nSPS) is 19.9. The largest absolute Gasteiger partial charge is 0.477 e. The van der Waals surface area contributed by atoms with E-state index in [-0.39, 0.29) is 17.5 Å². The highest BCUT2D eigenvalue weighted by atomic mass is 16.4. The fourth-order valence-electron chi connectivity index (χ4n) is 2.39. The van der Waals surface area contributed by atoms with Gasteiger partial charge >= 0.3 is 5.97 Å². The summed E-state index contributed by atoms with van der Waals surface area (Å²) in [7, 11) is 1.62. The molecule has 1 saturated heterocycles. The molecule has 0 bridgehead atoms. The van der Waals surface area contributed by atoms with Gasteiger partial charge in [-0.15, -0.1) is 0 Å². The quantitative estimate of drug-likeness (QED) is 0.845. The van der Waals surface area contributed by atoms with Gasteiger partial charge in [-0.2, -0.15) is 5.10 Å². The smallest absolute Gasteiger partial charge is 0.354 e. The van der Waals surface area contributed by atoms with E-state index in [2.05, 4.69) is 5.10 Å². The maximum absolute atomic E-state index is 11.4. The zero-order chi connectivity index (χ0) is 13.3. The van der Waals surface area contributed by atoms with Gasteiger partial charge in [-0.05, 0) is 18.9 Å². The summed E-state index contributed by atoms with van der Waals surface area (Å²) < 4.78 is 1.38. The molecule has 6 heteroatoms. The molecule has 1 atom stereocenters. The number of hydrogen-bond acceptors (Lipinski definition) is 3. The van der Waals surface area contributed by atoms with E-state index in [4.69, 9.17) is 5.11 Å². The van der Waals surface area contributed by atoms with Gasteiger partial charge in [0.25, 0.3) is 0 Å². The van der Waals surface area contributed by atoms with E-state index in [0.29, 0.717) is 6.54 Å². The highest BCUT2D eigenvalue weighted by Gasteiger charge is 2.26. The van der Waals surface area contributed by atoms with E-state index in [9.17, 15) is 9.59 Å². The molecule has 98 valence electrons. The Morgan fingerprint density at radius 1 is 1.50 bits per heavy atom. The van der Waals surface area contributed by atoms with Crippen LogP contribution in [0.5, 0.6) is 0 Å². The molecule has 0 aromatic carbocycles. The van der Waals surface area contributed by atoms with Crippen LogP contribution in [0.1, 0.15) is 41.9 Å². The first-order valence-electron chi connectivity index (χ1n) is 6.01. The van der Waals surface area contributed by atoms with Crippen molar-refractivity contribution in [3.8, 4) is 0 Å². The zero-order valence-electron chi connectivity index (χ0n) is 10.6. The highest BCUT2D eigenvalue weighted by Crippen LogP contribution is 2.26. The van der Waals surface area contributed by atoms with Crippen molar-refractivity contribution in [2.24, 2.45) is 7.05 Å². The van der Waals surface area contributed by atoms with Gasteiger partial charge in [-0.25, -0.2) is 4.79 Å². The predicted molar refractivity (Wildman–Crippen MR) is 64.4 cm³/mol. The highest BCUT2D eigenvalue weighted by molar-refractivity contribution is 5.85. The molecule has 0 spiro atoms. The summed E-state index contributed by atoms with van der Waals surface area (Å²) in [5.41, 5.74) is 0.950. The summed E-state index contributed by atoms with van der Waals surface area (Å²) in [5, 5.41) is 13.2. The van der Waals surface area contributed by atoms with Gasteiger partial charge in [-0.1, -0.05) is 0 Å². The number of carboxylic acids is 1. The Labute approximate surface area is 105 Å². The van der Waals surface area contributed by atoms with Crippen LogP contribution in [0.2, 0.25) is 0 Å². The molecule has 1 amide bonds. The molecule has 2 rings (SSSR count). The van der Waals surface area contributed by atoms with Crippen LogP contribution in [0.15, 0.2) is 6.07 Å². The fraction of sp³-hybridized carbons (Fsp3) is 0.583. The van der Waals surface area contributed by atoms with Crippen molar-refractivity contribution in [3.63, 3.8) is 0 Å². The number of aryl methyl sites for hydroxylation is 1. The molecule has 1 unspecified atom stereocenters. The van der Waals surface area contributed by atoms with Crippen molar-refractivity contribution in [2.45, 2.75) is 25.7 Å². The molecule has 1 aliphatic rings. The minimum Gasteiger partial charge on any atom is -0.477 e. The van der Waals surface area contributed by atoms with Gasteiger partial charge in [0.05, 0.1) is 5.69 Å². The molecule has 1 aliphatic heterocycles. The molecule has 1 N–H and O–H groups in total. The number of amides is 1. The standard InChI is InChI=1S/C12H17N3O3/c1-8(16)15-5-3-4-9(7-15)10-6-11(12(17)18)14(2)13-10/h6,9H,3-5,7H2,1-2H3,(H,17,18). The second-order valence-electron chi connectivity index (χ2n) is 4.69. The van der Waals surface area contributed by atoms with E-state index in [1.165, 1.54) is 4.68 Å². The van der Waals surface area contributed by atoms with E-state index in [1.807, 2.05) is 0 Å². The van der Waals surface area contributed by atoms with Gasteiger partial charge in [0, 0.05) is 33.0 Å². The molecule has 0 aliphatic carbocycles. The lowest BCUT2D eigenvalue weighted by atomic mass is 9.94. The van der Waals surface area contributed by atoms with Crippen LogP contribution in [0.25, 0.3) is 0 Å². The molecule has 0 radical (unpaired) electrons. The number of nitrogens with zero attached hydrogens (tertiary/aromatic N) is 3. The average molecular weight is 251 g/mol. The summed E-state index contributed by atoms with van der Waals surface area (Å²) >= 11 is 0. The summed E-state index contributed by atoms with van der Waals surface area (Å²) in [6.07, 6.45) is 1.88. The molecule has 2 heterocycles. The maximum atomic E-state index is 11.4. The van der Waals surface area contributed by atoms with Crippen LogP contribution in [0, 0.1) is 0 Å². The van der Waals surface area contributed by atoms with E-state index in [0.717, 1.165) is 25.1 Å². The fourth-order valence-corrected chi connectivity index (χ4v) is 2.39. The molecule has 1 aromatic heterocycles. The molecule has 1 fully saturated rings. The third-order valence-electron chi connectivity index (χ3n) is 3.40. The topological polar surface area (TPSA) is 75.4 Å². The number of carboxylic acid groups (broad SMARTS) is 1. The second kappa shape index (κ2) is 4.80. The summed E-state index contributed by atoms with van der Waals surface area (Å²) in [6, 6.07) is 1.61. The monoisotopic (exact) mass is 251 g/mol. The summed E-state index contributed by atoms with van der Waals surface area (Å²) in [4.78, 5) is 24.1. The van der Waals surface area contributed by atoms with Crippen LogP contribution in [0.3, 0.4) is 0 Å². The minimum atomic E-state index is -0.976. The van der Waals surface area contributed by atoms with Crippen LogP contribution < -0.4 is 0 Å². The number of carbonyl (C=O) groups excluding carboxylic acids is 1. The number of rotatable bonds is 2. The Morgan fingerprint density at radius 2 is 2.22 bits per heavy atom. The first kappa shape index (κ1) is 12.6. The Kier molecular flexibility index (Phi) is 3.36. The lowest BCUT2D eigenvalue weighted by Gasteiger charge is -2.31. The van der Waals surface area contributed by atoms with Gasteiger partial charge < -0.3 is 10.0 Å². The number of hydrogen-bond donors (Lipinski definition) is 1. The number of carbonyl (C=O) groups is 2. The van der Waals surface area contributed by atoms with Gasteiger partial charge in [-0.3, -0.25) is 9.48 Å². The number of piperidine rings is 1. The molecule has 6 nitrogen and oxygen atoms in total. The van der Waals surface area contributed by atoms with Crippen LogP contribution in [0.4, 0.5) is 0 Å². The number of likely N-dealkylation sites (tertiary alicyclic amines) is 1. The second-order valence-corrected chi connectivity index (χ2v) is 4.69. The van der Waals surface area contributed by atoms with Gasteiger partial charge in [0.1, 0.15) is 5.69 Å². The Hall–Kier alpha value is -1.85. The molecular weight excluding hydrogens is 234 g/mol. The SMILES string of the molecule is CC(=O)N1CCCC(c2cc(C(=O)O)n(C)n2)C1. The maximum Gasteiger partial charge on any atom is 0.354 e. The lowest BCUT2D eigenvalue weighted by Crippen LogP contribution is -2.37. The van der Waals surface area contributed by atoms with Crippen LogP contribution >= 0.6 is 0 Å². The third-order valence-corrected chi connectivity index (χ3v) is 3.40. The first-order valence-corrected chi connectivity index (χ1v) is 6.01. The Balaban J connectivity index is 2.18. The van der Waals surface area contributed by atoms with Crippen molar-refractivity contribution in [1.29, 1.82) is 0 Å². The average Bonchev–Trinajstić information content (AvgIpc) is 2.71. The molecule has 18 heavy (non-hydrogen) atoms. The lowest BCUT2D eigenvalue weighted by molar-refractivity contribution is -0.130. The van der Waals surface area contributed by atoms with Gasteiger partial charge in [0.15, 0.2) is 0 Å². The Bertz CT molecular complexity index is 481. The zero-order valence-corrected chi connectivity index (χ0v) is 10.6. The van der Waals surface area contributed by atoms with Crippen molar-refractivity contribution in [2.75, 3.05) is 13.1 Å². The number of aromatic nitrogens is 2. The van der Waals surface area contributed by atoms with E-state index in [1.54, 1.807) is 24.9 Å². The summed E-state index contributed by atoms with van der Waals surface area (Å²) in [5.74, 6) is -0.772. The van der Waals surface area contributed by atoms with Gasteiger partial charge in [0.2, 0.25) is 5.91 Å². The van der Waals surface area contributed by atoms with Crippen molar-refractivity contribution in [3.05, 3.63) is 17.5 Å². The van der Waals surface area contributed by atoms with Crippen LogP contribution in [-0.2, 0) is 11.8 Å². The molecular formula is C12H17N3O3. The first-order chi connectivity index (χ1) is 8.49. The van der Waals surface area contributed by atoms with Crippen molar-refractivity contribution in [1.82, 2.24) is 14.7 Å².